The van der Waals surface area contributed by atoms with Crippen molar-refractivity contribution < 1.29 is 26.3 Å². The molecule has 0 radical (unpaired) electrons. The fourth-order valence-electron chi connectivity index (χ4n) is 4.63. The molecule has 0 bridgehead atoms. The van der Waals surface area contributed by atoms with Gasteiger partial charge in [-0.2, -0.15) is 0 Å². The molecular formula is C26H24F3N3O3S. The number of nitrogens with zero attached hydrogens (tertiary/aromatic N) is 2. The van der Waals surface area contributed by atoms with E-state index < -0.39 is 21.4 Å². The van der Waals surface area contributed by atoms with E-state index in [1.54, 1.807) is 18.3 Å². The Labute approximate surface area is 206 Å². The Morgan fingerprint density at radius 3 is 2.22 bits per heavy atom. The van der Waals surface area contributed by atoms with E-state index in [0.717, 1.165) is 16.8 Å². The van der Waals surface area contributed by atoms with Gasteiger partial charge in [-0.3, -0.25) is 0 Å². The first-order valence-corrected chi connectivity index (χ1v) is 13.1. The number of sulfone groups is 1. The fourth-order valence-corrected chi connectivity index (χ4v) is 6.42. The SMILES string of the molecule is O=S(=O)(c1ccc(-c2ccc3nccn3c2)cc1)[C@H]1CC[C@H](Nc2ccc(OC(F)(F)F)cc2)CC1. The van der Waals surface area contributed by atoms with Crippen LogP contribution in [0.5, 0.6) is 5.75 Å². The van der Waals surface area contributed by atoms with Crippen molar-refractivity contribution in [1.29, 1.82) is 0 Å². The predicted molar refractivity (Wildman–Crippen MR) is 131 cm³/mol. The topological polar surface area (TPSA) is 72.7 Å². The van der Waals surface area contributed by atoms with Crippen LogP contribution in [0, 0.1) is 0 Å². The summed E-state index contributed by atoms with van der Waals surface area (Å²) in [6, 6.07) is 16.4. The lowest BCUT2D eigenvalue weighted by atomic mass is 9.95. The fraction of sp³-hybridized carbons (Fsp3) is 0.269. The highest BCUT2D eigenvalue weighted by molar-refractivity contribution is 7.92. The molecule has 0 amide bonds. The van der Waals surface area contributed by atoms with Gasteiger partial charge in [0.2, 0.25) is 0 Å². The molecule has 1 saturated carbocycles. The maximum Gasteiger partial charge on any atom is 0.573 e. The smallest absolute Gasteiger partial charge is 0.406 e. The average Bonchev–Trinajstić information content (AvgIpc) is 3.33. The number of benzene rings is 2. The molecule has 4 aromatic rings. The highest BCUT2D eigenvalue weighted by Crippen LogP contribution is 2.32. The van der Waals surface area contributed by atoms with E-state index in [0.29, 0.717) is 36.3 Å². The zero-order chi connectivity index (χ0) is 25.3. The number of nitrogens with one attached hydrogen (secondary N) is 1. The molecule has 0 saturated heterocycles. The summed E-state index contributed by atoms with van der Waals surface area (Å²) in [5.74, 6) is -0.281. The summed E-state index contributed by atoms with van der Waals surface area (Å²) < 4.78 is 69.3. The summed E-state index contributed by atoms with van der Waals surface area (Å²) in [7, 11) is -3.47. The van der Waals surface area contributed by atoms with E-state index in [-0.39, 0.29) is 11.8 Å². The quantitative estimate of drug-likeness (QED) is 0.336. The molecule has 2 aromatic heterocycles. The monoisotopic (exact) mass is 515 g/mol. The Morgan fingerprint density at radius 2 is 1.56 bits per heavy atom. The summed E-state index contributed by atoms with van der Waals surface area (Å²) in [5, 5.41) is 2.81. The maximum atomic E-state index is 13.3. The molecule has 0 unspecified atom stereocenters. The summed E-state index contributed by atoms with van der Waals surface area (Å²) in [6.45, 7) is 0. The number of hydrogen-bond acceptors (Lipinski definition) is 5. The number of pyridine rings is 1. The van der Waals surface area contributed by atoms with Crippen LogP contribution < -0.4 is 10.1 Å². The molecule has 0 atom stereocenters. The molecule has 5 rings (SSSR count). The highest BCUT2D eigenvalue weighted by Gasteiger charge is 2.33. The highest BCUT2D eigenvalue weighted by atomic mass is 32.2. The van der Waals surface area contributed by atoms with E-state index in [2.05, 4.69) is 15.0 Å². The Hall–Kier alpha value is -3.53. The number of anilines is 1. The van der Waals surface area contributed by atoms with E-state index >= 15 is 0 Å². The number of hydrogen-bond donors (Lipinski definition) is 1. The second kappa shape index (κ2) is 9.50. The molecule has 10 heteroatoms. The van der Waals surface area contributed by atoms with Gasteiger partial charge in [0.05, 0.1) is 10.1 Å². The largest absolute Gasteiger partial charge is 0.573 e. The lowest BCUT2D eigenvalue weighted by Gasteiger charge is -2.29. The van der Waals surface area contributed by atoms with Gasteiger partial charge in [-0.25, -0.2) is 13.4 Å². The van der Waals surface area contributed by atoms with Crippen LogP contribution in [0.3, 0.4) is 0 Å². The van der Waals surface area contributed by atoms with Gasteiger partial charge in [-0.15, -0.1) is 13.2 Å². The molecule has 2 heterocycles. The molecule has 0 spiro atoms. The lowest BCUT2D eigenvalue weighted by molar-refractivity contribution is -0.274. The van der Waals surface area contributed by atoms with Crippen LogP contribution in [0.25, 0.3) is 16.8 Å². The minimum absolute atomic E-state index is 0.0475. The number of aromatic nitrogens is 2. The standard InChI is InChI=1S/C26H24F3N3O3S/c27-26(28,29)35-22-8-4-20(5-9-22)31-21-6-12-24(13-7-21)36(33,34)23-10-1-18(2-11-23)19-3-14-25-30-15-16-32(25)17-19/h1-5,8-11,14-17,21,24,31H,6-7,12-13H2/t21-,24-. The normalized spacial score (nSPS) is 18.8. The molecule has 1 fully saturated rings. The molecular weight excluding hydrogens is 491 g/mol. The van der Waals surface area contributed by atoms with Crippen molar-refractivity contribution in [1.82, 2.24) is 9.38 Å². The number of imidazole rings is 1. The minimum Gasteiger partial charge on any atom is -0.406 e. The maximum absolute atomic E-state index is 13.3. The first-order chi connectivity index (χ1) is 17.2. The molecule has 1 N–H and O–H groups in total. The van der Waals surface area contributed by atoms with Crippen LogP contribution in [-0.2, 0) is 9.84 Å². The van der Waals surface area contributed by atoms with Crippen molar-refractivity contribution in [2.24, 2.45) is 0 Å². The van der Waals surface area contributed by atoms with Crippen molar-refractivity contribution in [2.75, 3.05) is 5.32 Å². The van der Waals surface area contributed by atoms with Gasteiger partial charge >= 0.3 is 6.36 Å². The van der Waals surface area contributed by atoms with Gasteiger partial charge < -0.3 is 14.5 Å². The van der Waals surface area contributed by atoms with E-state index in [9.17, 15) is 21.6 Å². The van der Waals surface area contributed by atoms with Crippen LogP contribution in [0.15, 0.2) is 84.1 Å². The van der Waals surface area contributed by atoms with Crippen molar-refractivity contribution in [2.45, 2.75) is 48.2 Å². The van der Waals surface area contributed by atoms with E-state index in [4.69, 9.17) is 0 Å². The predicted octanol–water partition coefficient (Wildman–Crippen LogP) is 6.10. The number of rotatable bonds is 6. The van der Waals surface area contributed by atoms with Gasteiger partial charge in [0, 0.05) is 30.3 Å². The summed E-state index contributed by atoms with van der Waals surface area (Å²) in [6.07, 6.45) is 3.12. The Morgan fingerprint density at radius 1 is 0.889 bits per heavy atom. The molecule has 0 aliphatic heterocycles. The molecule has 1 aliphatic carbocycles. The van der Waals surface area contributed by atoms with Crippen molar-refractivity contribution in [3.63, 3.8) is 0 Å². The van der Waals surface area contributed by atoms with Crippen molar-refractivity contribution in [3.05, 3.63) is 79.3 Å². The van der Waals surface area contributed by atoms with Crippen molar-refractivity contribution >= 4 is 21.2 Å². The zero-order valence-corrected chi connectivity index (χ0v) is 20.0. The Kier molecular flexibility index (Phi) is 6.38. The summed E-state index contributed by atoms with van der Waals surface area (Å²) >= 11 is 0. The van der Waals surface area contributed by atoms with Gasteiger partial charge in [0.1, 0.15) is 11.4 Å². The van der Waals surface area contributed by atoms with Gasteiger partial charge in [-0.1, -0.05) is 12.1 Å². The molecule has 2 aromatic carbocycles. The zero-order valence-electron chi connectivity index (χ0n) is 19.1. The number of alkyl halides is 3. The second-order valence-corrected chi connectivity index (χ2v) is 11.1. The molecule has 1 aliphatic rings. The second-order valence-electron chi connectivity index (χ2n) is 8.87. The Bertz CT molecular complexity index is 1440. The van der Waals surface area contributed by atoms with Crippen LogP contribution in [0.1, 0.15) is 25.7 Å². The van der Waals surface area contributed by atoms with Gasteiger partial charge in [0.25, 0.3) is 0 Å². The molecule has 36 heavy (non-hydrogen) atoms. The van der Waals surface area contributed by atoms with E-state index in [1.807, 2.05) is 41.1 Å². The number of halogens is 3. The Balaban J connectivity index is 1.19. The summed E-state index contributed by atoms with van der Waals surface area (Å²) in [5.41, 5.74) is 3.40. The van der Waals surface area contributed by atoms with Crippen LogP contribution in [0.2, 0.25) is 0 Å². The van der Waals surface area contributed by atoms with Crippen molar-refractivity contribution in [3.8, 4) is 16.9 Å². The van der Waals surface area contributed by atoms with Crippen LogP contribution >= 0.6 is 0 Å². The van der Waals surface area contributed by atoms with E-state index in [1.165, 1.54) is 24.3 Å². The third-order valence-corrected chi connectivity index (χ3v) is 8.75. The molecule has 6 nitrogen and oxygen atoms in total. The third-order valence-electron chi connectivity index (χ3n) is 6.48. The molecule has 188 valence electrons. The average molecular weight is 516 g/mol. The van der Waals surface area contributed by atoms with Crippen LogP contribution in [0.4, 0.5) is 18.9 Å². The van der Waals surface area contributed by atoms with Gasteiger partial charge in [-0.05, 0) is 85.3 Å². The first-order valence-electron chi connectivity index (χ1n) is 11.6. The number of fused-ring (bicyclic) bond motifs is 1. The lowest BCUT2D eigenvalue weighted by Crippen LogP contribution is -2.32. The summed E-state index contributed by atoms with van der Waals surface area (Å²) in [4.78, 5) is 4.54. The third kappa shape index (κ3) is 5.33. The minimum atomic E-state index is -4.73. The first kappa shape index (κ1) is 24.2. The number of ether oxygens (including phenoxy) is 1. The van der Waals surface area contributed by atoms with Gasteiger partial charge in [0.15, 0.2) is 9.84 Å². The van der Waals surface area contributed by atoms with Crippen LogP contribution in [-0.4, -0.2) is 35.5 Å².